The molecule has 1 amide bonds. The molecule has 3 rings (SSSR count). The molecule has 0 aliphatic heterocycles. The molecule has 2 aromatic carbocycles. The van der Waals surface area contributed by atoms with E-state index in [0.717, 1.165) is 16.6 Å². The molecule has 0 fully saturated rings. The molecule has 0 saturated heterocycles. The van der Waals surface area contributed by atoms with Crippen LogP contribution in [-0.2, 0) is 11.3 Å². The van der Waals surface area contributed by atoms with E-state index in [9.17, 15) is 15.2 Å². The number of fused-ring (bicyclic) bond motifs is 1. The van der Waals surface area contributed by atoms with Crippen LogP contribution in [0, 0.1) is 11.3 Å². The summed E-state index contributed by atoms with van der Waals surface area (Å²) in [5.41, 5.74) is 2.15. The maximum Gasteiger partial charge on any atom is 0.265 e. The van der Waals surface area contributed by atoms with E-state index >= 15 is 0 Å². The molecule has 3 N–H and O–H groups in total. The number of aliphatic hydroxyl groups is 1. The lowest BCUT2D eigenvalue weighted by Crippen LogP contribution is -2.25. The number of hydrogen-bond acceptors (Lipinski definition) is 6. The minimum atomic E-state index is -0.612. The molecule has 1 heterocycles. The van der Waals surface area contributed by atoms with Crippen molar-refractivity contribution in [1.29, 1.82) is 5.26 Å². The first-order valence-electron chi connectivity index (χ1n) is 8.41. The van der Waals surface area contributed by atoms with Gasteiger partial charge in [0.1, 0.15) is 17.6 Å². The van der Waals surface area contributed by atoms with E-state index in [0.29, 0.717) is 10.9 Å². The fraction of sp³-hybridized carbons (Fsp3) is 0.150. The van der Waals surface area contributed by atoms with Crippen LogP contribution in [-0.4, -0.2) is 33.8 Å². The molecule has 7 nitrogen and oxygen atoms in total. The van der Waals surface area contributed by atoms with Crippen LogP contribution >= 0.6 is 11.8 Å². The molecule has 0 bridgehead atoms. The van der Waals surface area contributed by atoms with Gasteiger partial charge in [-0.1, -0.05) is 42.1 Å². The van der Waals surface area contributed by atoms with Crippen molar-refractivity contribution in [2.75, 3.05) is 12.9 Å². The second kappa shape index (κ2) is 8.97. The predicted molar refractivity (Wildman–Crippen MR) is 107 cm³/mol. The normalized spacial score (nSPS) is 11.6. The topological polar surface area (TPSA) is 111 Å². The molecular formula is C20H18N4O3S. The summed E-state index contributed by atoms with van der Waals surface area (Å²) in [5.74, 6) is -0.161. The molecule has 0 aliphatic rings. The van der Waals surface area contributed by atoms with Gasteiger partial charge in [-0.25, -0.2) is 4.98 Å². The first-order valence-corrected chi connectivity index (χ1v) is 9.40. The Labute approximate surface area is 166 Å². The molecule has 0 aliphatic carbocycles. The summed E-state index contributed by atoms with van der Waals surface area (Å²) < 4.78 is 5.17. The third-order valence-corrected chi connectivity index (χ3v) is 4.82. The number of nitrogens with one attached hydrogen (secondary N) is 2. The second-order valence-electron chi connectivity index (χ2n) is 5.82. The maximum atomic E-state index is 12.2. The van der Waals surface area contributed by atoms with Gasteiger partial charge in [-0.3, -0.25) is 4.79 Å². The SMILES string of the molecule is COc1ccc2nc(SCC(O)=C(C#N)C(=O)NCc3ccccc3)[nH]c2c1. The summed E-state index contributed by atoms with van der Waals surface area (Å²) in [6.07, 6.45) is 0. The monoisotopic (exact) mass is 394 g/mol. The molecule has 0 unspecified atom stereocenters. The van der Waals surface area contributed by atoms with Gasteiger partial charge in [-0.05, 0) is 17.7 Å². The molecule has 0 atom stereocenters. The molecule has 0 radical (unpaired) electrons. The van der Waals surface area contributed by atoms with Gasteiger partial charge in [-0.2, -0.15) is 5.26 Å². The fourth-order valence-corrected chi connectivity index (χ4v) is 3.25. The van der Waals surface area contributed by atoms with E-state index in [1.165, 1.54) is 11.8 Å². The highest BCUT2D eigenvalue weighted by Gasteiger charge is 2.16. The van der Waals surface area contributed by atoms with E-state index in [2.05, 4.69) is 15.3 Å². The lowest BCUT2D eigenvalue weighted by atomic mass is 10.2. The number of aromatic nitrogens is 2. The zero-order valence-corrected chi connectivity index (χ0v) is 15.9. The number of imidazole rings is 1. The average molecular weight is 394 g/mol. The van der Waals surface area contributed by atoms with E-state index in [-0.39, 0.29) is 23.6 Å². The Bertz CT molecular complexity index is 1050. The van der Waals surface area contributed by atoms with Gasteiger partial charge < -0.3 is 20.1 Å². The summed E-state index contributed by atoms with van der Waals surface area (Å²) in [6, 6.07) is 16.5. The molecule has 142 valence electrons. The zero-order valence-electron chi connectivity index (χ0n) is 15.1. The van der Waals surface area contributed by atoms with Gasteiger partial charge >= 0.3 is 0 Å². The van der Waals surface area contributed by atoms with Crippen LogP contribution in [0.15, 0.2) is 65.0 Å². The largest absolute Gasteiger partial charge is 0.510 e. The lowest BCUT2D eigenvalue weighted by molar-refractivity contribution is -0.117. The minimum Gasteiger partial charge on any atom is -0.510 e. The number of thioether (sulfide) groups is 1. The Morgan fingerprint density at radius 2 is 2.11 bits per heavy atom. The number of ether oxygens (including phenoxy) is 1. The van der Waals surface area contributed by atoms with Crippen LogP contribution in [0.4, 0.5) is 0 Å². The van der Waals surface area contributed by atoms with Crippen LogP contribution < -0.4 is 10.1 Å². The maximum absolute atomic E-state index is 12.2. The van der Waals surface area contributed by atoms with Gasteiger partial charge in [0.05, 0.1) is 23.9 Å². The first-order chi connectivity index (χ1) is 13.6. The van der Waals surface area contributed by atoms with Crippen molar-refractivity contribution < 1.29 is 14.6 Å². The summed E-state index contributed by atoms with van der Waals surface area (Å²) in [6.45, 7) is 0.274. The van der Waals surface area contributed by atoms with E-state index in [1.807, 2.05) is 42.5 Å². The van der Waals surface area contributed by atoms with E-state index in [4.69, 9.17) is 4.74 Å². The highest BCUT2D eigenvalue weighted by atomic mass is 32.2. The highest BCUT2D eigenvalue weighted by molar-refractivity contribution is 7.99. The number of rotatable bonds is 7. The minimum absolute atomic E-state index is 0.0403. The molecule has 1 aromatic heterocycles. The number of nitrogens with zero attached hydrogens (tertiary/aromatic N) is 2. The van der Waals surface area contributed by atoms with Crippen LogP contribution in [0.25, 0.3) is 11.0 Å². The van der Waals surface area contributed by atoms with Crippen molar-refractivity contribution >= 4 is 28.7 Å². The molecule has 3 aromatic rings. The number of aromatic amines is 1. The number of methoxy groups -OCH3 is 1. The van der Waals surface area contributed by atoms with Crippen molar-refractivity contribution in [3.63, 3.8) is 0 Å². The summed E-state index contributed by atoms with van der Waals surface area (Å²) >= 11 is 1.20. The molecule has 0 spiro atoms. The van der Waals surface area contributed by atoms with Crippen LogP contribution in [0.5, 0.6) is 5.75 Å². The number of H-pyrrole nitrogens is 1. The zero-order chi connectivity index (χ0) is 19.9. The third kappa shape index (κ3) is 4.64. The smallest absolute Gasteiger partial charge is 0.265 e. The van der Waals surface area contributed by atoms with Crippen LogP contribution in [0.1, 0.15) is 5.56 Å². The average Bonchev–Trinajstić information content (AvgIpc) is 3.14. The summed E-state index contributed by atoms with van der Waals surface area (Å²) in [5, 5.41) is 22.7. The Morgan fingerprint density at radius 3 is 2.82 bits per heavy atom. The molecule has 8 heteroatoms. The second-order valence-corrected chi connectivity index (χ2v) is 6.78. The van der Waals surface area contributed by atoms with Crippen molar-refractivity contribution in [3.05, 3.63) is 65.4 Å². The van der Waals surface area contributed by atoms with Gasteiger partial charge in [0.2, 0.25) is 0 Å². The lowest BCUT2D eigenvalue weighted by Gasteiger charge is -2.06. The first kappa shape index (κ1) is 19.3. The van der Waals surface area contributed by atoms with Gasteiger partial charge in [-0.15, -0.1) is 0 Å². The summed E-state index contributed by atoms with van der Waals surface area (Å²) in [7, 11) is 1.59. The predicted octanol–water partition coefficient (Wildman–Crippen LogP) is 3.32. The van der Waals surface area contributed by atoms with E-state index in [1.54, 1.807) is 19.2 Å². The number of aliphatic hydroxyl groups excluding tert-OH is 1. The third-order valence-electron chi connectivity index (χ3n) is 3.94. The Balaban J connectivity index is 1.65. The van der Waals surface area contributed by atoms with Gasteiger partial charge in [0, 0.05) is 12.6 Å². The highest BCUT2D eigenvalue weighted by Crippen LogP contribution is 2.24. The number of hydrogen-bond donors (Lipinski definition) is 3. The number of amides is 1. The standard InChI is InChI=1S/C20H18N4O3S/c1-27-14-7-8-16-17(9-14)24-20(23-16)28-12-18(25)15(10-21)19(26)22-11-13-5-3-2-4-6-13/h2-9,25H,11-12H2,1H3,(H,22,26)(H,23,24). The Kier molecular flexibility index (Phi) is 6.19. The molecular weight excluding hydrogens is 376 g/mol. The fourth-order valence-electron chi connectivity index (χ4n) is 2.48. The van der Waals surface area contributed by atoms with Crippen molar-refractivity contribution in [3.8, 4) is 11.8 Å². The van der Waals surface area contributed by atoms with Crippen molar-refractivity contribution in [2.24, 2.45) is 0 Å². The van der Waals surface area contributed by atoms with E-state index < -0.39 is 5.91 Å². The number of nitriles is 1. The van der Waals surface area contributed by atoms with Crippen molar-refractivity contribution in [1.82, 2.24) is 15.3 Å². The van der Waals surface area contributed by atoms with Crippen LogP contribution in [0.3, 0.4) is 0 Å². The number of carbonyl (C=O) groups is 1. The molecule has 28 heavy (non-hydrogen) atoms. The van der Waals surface area contributed by atoms with Gasteiger partial charge in [0.25, 0.3) is 5.91 Å². The number of carbonyl (C=O) groups excluding carboxylic acids is 1. The summed E-state index contributed by atoms with van der Waals surface area (Å²) in [4.78, 5) is 19.7. The Hall–Kier alpha value is -3.44. The van der Waals surface area contributed by atoms with Gasteiger partial charge in [0.15, 0.2) is 10.7 Å². The van der Waals surface area contributed by atoms with Crippen molar-refractivity contribution in [2.45, 2.75) is 11.7 Å². The molecule has 0 saturated carbocycles. The quantitative estimate of drug-likeness (QED) is 0.245. The Morgan fingerprint density at radius 1 is 1.32 bits per heavy atom. The number of benzene rings is 2. The van der Waals surface area contributed by atoms with Crippen LogP contribution in [0.2, 0.25) is 0 Å².